The molecule has 0 bridgehead atoms. The van der Waals surface area contributed by atoms with Gasteiger partial charge in [0.2, 0.25) is 0 Å². The normalized spacial score (nSPS) is 11.6. The van der Waals surface area contributed by atoms with E-state index in [1.165, 1.54) is 5.56 Å². The van der Waals surface area contributed by atoms with Gasteiger partial charge in [-0.15, -0.1) is 23.8 Å². The summed E-state index contributed by atoms with van der Waals surface area (Å²) < 4.78 is 11.3. The molecule has 4 nitrogen and oxygen atoms in total. The van der Waals surface area contributed by atoms with Crippen molar-refractivity contribution < 1.29 is 27.5 Å². The Balaban J connectivity index is 0.00000469. The smallest absolute Gasteiger partial charge is 0.148 e. The summed E-state index contributed by atoms with van der Waals surface area (Å²) in [6.07, 6.45) is 1.86. The minimum absolute atomic E-state index is 0. The van der Waals surface area contributed by atoms with Crippen molar-refractivity contribution in [2.24, 2.45) is 0 Å². The minimum atomic E-state index is -0.897. The molecule has 0 aliphatic carbocycles. The van der Waals surface area contributed by atoms with E-state index in [4.69, 9.17) is 9.97 Å². The molecule has 57 heavy (non-hydrogen) atoms. The Morgan fingerprint density at radius 1 is 0.596 bits per heavy atom. The molecule has 5 heteroatoms. The molecule has 2 aromatic heterocycles. The van der Waals surface area contributed by atoms with Crippen LogP contribution < -0.4 is 0 Å². The number of nitrogens with zero attached hydrogens (tertiary/aromatic N) is 3. The average molecular weight is 919 g/mol. The molecule has 9 aromatic rings. The van der Waals surface area contributed by atoms with Crippen molar-refractivity contribution in [2.45, 2.75) is 26.7 Å². The molecule has 0 atom stereocenters. The molecule has 0 fully saturated rings. The second kappa shape index (κ2) is 16.0. The summed E-state index contributed by atoms with van der Waals surface area (Å²) in [5, 5.41) is 11.3. The number of pyridine rings is 1. The number of aryl methyl sites for hydroxylation is 1. The molecular formula is C52H40N3OPt-. The van der Waals surface area contributed by atoms with Gasteiger partial charge in [0.1, 0.15) is 11.6 Å². The maximum absolute atomic E-state index is 11.3. The van der Waals surface area contributed by atoms with Crippen molar-refractivity contribution in [2.75, 3.05) is 0 Å². The SMILES string of the molecule is [2H]C(C)(C)c1cc(-n2c(-c3ccccc3O)nc3c(-c4[c-]c(-c5cc(-c6ccc(C)cc6)ccn5)cc(-c5ccccc5)c4)cccc32)ccc1-c1ccccc1.[Pt]. The maximum atomic E-state index is 11.3. The number of fused-ring (bicyclic) bond motifs is 1. The number of phenols is 1. The Bertz CT molecular complexity index is 2900. The summed E-state index contributed by atoms with van der Waals surface area (Å²) in [5.74, 6) is -0.160. The molecule has 0 saturated carbocycles. The van der Waals surface area contributed by atoms with Crippen LogP contribution in [0.1, 0.15) is 32.2 Å². The zero-order valence-electron chi connectivity index (χ0n) is 32.8. The summed E-state index contributed by atoms with van der Waals surface area (Å²) in [6.45, 7) is 5.94. The Labute approximate surface area is 349 Å². The number of phenolic OH excluding ortho intramolecular Hbond substituents is 1. The molecule has 2 heterocycles. The number of para-hydroxylation sites is 2. The zero-order valence-corrected chi connectivity index (χ0v) is 34.1. The topological polar surface area (TPSA) is 50.9 Å². The predicted molar refractivity (Wildman–Crippen MR) is 231 cm³/mol. The van der Waals surface area contributed by atoms with E-state index >= 15 is 0 Å². The molecule has 9 rings (SSSR count). The Hall–Kier alpha value is -6.35. The van der Waals surface area contributed by atoms with Crippen LogP contribution in [0.25, 0.3) is 83.9 Å². The van der Waals surface area contributed by atoms with Crippen LogP contribution >= 0.6 is 0 Å². The Kier molecular flexibility index (Phi) is 10.2. The van der Waals surface area contributed by atoms with Gasteiger partial charge >= 0.3 is 0 Å². The molecule has 0 unspecified atom stereocenters. The molecule has 7 aromatic carbocycles. The molecular weight excluding hydrogens is 878 g/mol. The van der Waals surface area contributed by atoms with Gasteiger partial charge in [0.15, 0.2) is 0 Å². The van der Waals surface area contributed by atoms with Crippen molar-refractivity contribution in [1.29, 1.82) is 0 Å². The first kappa shape index (κ1) is 36.3. The van der Waals surface area contributed by atoms with E-state index in [9.17, 15) is 6.48 Å². The average Bonchev–Trinajstić information content (AvgIpc) is 3.64. The van der Waals surface area contributed by atoms with Crippen LogP contribution in [0.2, 0.25) is 0 Å². The van der Waals surface area contributed by atoms with Gasteiger partial charge < -0.3 is 5.11 Å². The van der Waals surface area contributed by atoms with Crippen LogP contribution in [0.15, 0.2) is 176 Å². The minimum Gasteiger partial charge on any atom is -0.507 e. The van der Waals surface area contributed by atoms with E-state index in [0.29, 0.717) is 11.4 Å². The quantitative estimate of drug-likeness (QED) is 0.155. The molecule has 1 N–H and O–H groups in total. The van der Waals surface area contributed by atoms with Gasteiger partial charge in [-0.2, -0.15) is 0 Å². The third kappa shape index (κ3) is 7.37. The number of benzene rings is 7. The summed E-state index contributed by atoms with van der Waals surface area (Å²) in [5.41, 5.74) is 15.1. The largest absolute Gasteiger partial charge is 0.507 e. The number of imidazole rings is 1. The summed E-state index contributed by atoms with van der Waals surface area (Å²) in [7, 11) is 0. The number of hydrogen-bond acceptors (Lipinski definition) is 3. The molecule has 0 amide bonds. The van der Waals surface area contributed by atoms with Crippen LogP contribution in [0, 0.1) is 13.0 Å². The van der Waals surface area contributed by atoms with Gasteiger partial charge in [-0.25, -0.2) is 4.98 Å². The van der Waals surface area contributed by atoms with Crippen molar-refractivity contribution in [1.82, 2.24) is 14.5 Å². The van der Waals surface area contributed by atoms with Crippen LogP contribution in [0.4, 0.5) is 0 Å². The zero-order chi connectivity index (χ0) is 39.1. The van der Waals surface area contributed by atoms with Crippen molar-refractivity contribution >= 4 is 11.0 Å². The number of aromatic nitrogens is 3. The van der Waals surface area contributed by atoms with Crippen molar-refractivity contribution in [3.05, 3.63) is 193 Å². The predicted octanol–water partition coefficient (Wildman–Crippen LogP) is 13.4. The molecule has 0 saturated heterocycles. The van der Waals surface area contributed by atoms with E-state index in [-0.39, 0.29) is 26.8 Å². The maximum Gasteiger partial charge on any atom is 0.148 e. The first-order chi connectivity index (χ1) is 27.7. The molecule has 280 valence electrons. The van der Waals surface area contributed by atoms with E-state index in [1.54, 1.807) is 6.07 Å². The first-order valence-electron chi connectivity index (χ1n) is 19.4. The van der Waals surface area contributed by atoms with Crippen LogP contribution in [-0.4, -0.2) is 19.6 Å². The Morgan fingerprint density at radius 2 is 1.26 bits per heavy atom. The van der Waals surface area contributed by atoms with Gasteiger partial charge in [0.05, 0.1) is 16.6 Å². The summed E-state index contributed by atoms with van der Waals surface area (Å²) in [4.78, 5) is 10.2. The van der Waals surface area contributed by atoms with E-state index in [1.807, 2.05) is 68.6 Å². The summed E-state index contributed by atoms with van der Waals surface area (Å²) in [6, 6.07) is 61.2. The standard InChI is InChI=1S/C52H40N3O.Pt/c1-34(2)47-33-43(25-26-44(47)38-15-8-5-9-16-38)55-49-19-12-18-45(51(49)54-52(55)46-17-10-11-20-50(46)56)41-29-40(36-13-6-4-7-14-36)30-42(31-41)48-32-39(27-28-53-48)37-23-21-35(3)22-24-37;/h4-30,32-34,56H,1-3H3;/q-1;/i34D;. The summed E-state index contributed by atoms with van der Waals surface area (Å²) >= 11 is 0. The van der Waals surface area contributed by atoms with Crippen LogP contribution in [0.3, 0.4) is 0 Å². The number of hydrogen-bond donors (Lipinski definition) is 1. The number of aromatic hydroxyl groups is 1. The molecule has 0 radical (unpaired) electrons. The monoisotopic (exact) mass is 918 g/mol. The van der Waals surface area contributed by atoms with E-state index < -0.39 is 5.89 Å². The fourth-order valence-corrected chi connectivity index (χ4v) is 7.53. The fourth-order valence-electron chi connectivity index (χ4n) is 7.53. The van der Waals surface area contributed by atoms with Crippen LogP contribution in [0.5, 0.6) is 5.75 Å². The van der Waals surface area contributed by atoms with Crippen LogP contribution in [-0.2, 0) is 21.1 Å². The third-order valence-electron chi connectivity index (χ3n) is 10.4. The van der Waals surface area contributed by atoms with E-state index in [2.05, 4.69) is 133 Å². The number of rotatable bonds is 8. The van der Waals surface area contributed by atoms with Crippen molar-refractivity contribution in [3.8, 4) is 78.6 Å². The Morgan fingerprint density at radius 3 is 2.00 bits per heavy atom. The van der Waals surface area contributed by atoms with Gasteiger partial charge in [-0.05, 0) is 82.6 Å². The molecule has 0 aliphatic heterocycles. The molecule has 0 aliphatic rings. The first-order valence-corrected chi connectivity index (χ1v) is 18.9. The van der Waals surface area contributed by atoms with Gasteiger partial charge in [-0.1, -0.05) is 157 Å². The second-order valence-electron chi connectivity index (χ2n) is 14.4. The third-order valence-corrected chi connectivity index (χ3v) is 10.4. The van der Waals surface area contributed by atoms with E-state index in [0.717, 1.165) is 78.0 Å². The van der Waals surface area contributed by atoms with Gasteiger partial charge in [0.25, 0.3) is 0 Å². The van der Waals surface area contributed by atoms with Gasteiger partial charge in [0, 0.05) is 40.0 Å². The van der Waals surface area contributed by atoms with Crippen molar-refractivity contribution in [3.63, 3.8) is 0 Å². The second-order valence-corrected chi connectivity index (χ2v) is 14.4. The molecule has 0 spiro atoms. The fraction of sp³-hybridized carbons (Fsp3) is 0.0769. The van der Waals surface area contributed by atoms with Gasteiger partial charge in [-0.3, -0.25) is 9.55 Å².